The second-order valence-electron chi connectivity index (χ2n) is 3.88. The van der Waals surface area contributed by atoms with Gasteiger partial charge >= 0.3 is 0 Å². The number of fused-ring (bicyclic) bond motifs is 1. The van der Waals surface area contributed by atoms with Crippen molar-refractivity contribution in [3.63, 3.8) is 0 Å². The second-order valence-corrected chi connectivity index (χ2v) is 4.66. The maximum absolute atomic E-state index is 4.17. The lowest BCUT2D eigenvalue weighted by atomic mass is 9.98. The van der Waals surface area contributed by atoms with Crippen LogP contribution >= 0.6 is 24.0 Å². The fraction of sp³-hybridized carbons (Fsp3) is 0.231. The van der Waals surface area contributed by atoms with Crippen molar-refractivity contribution in [3.8, 4) is 11.1 Å². The summed E-state index contributed by atoms with van der Waals surface area (Å²) >= 11 is 5.24. The maximum Gasteiger partial charge on any atom is 0.116 e. The maximum atomic E-state index is 4.17. The van der Waals surface area contributed by atoms with E-state index >= 15 is 0 Å². The molecule has 1 N–H and O–H groups in total. The Kier molecular flexibility index (Phi) is 4.04. The molecule has 3 nitrogen and oxygen atoms in total. The number of nitrogens with one attached hydrogen (secondary N) is 1. The van der Waals surface area contributed by atoms with Crippen LogP contribution in [0, 0.1) is 13.8 Å². The van der Waals surface area contributed by atoms with E-state index in [1.165, 1.54) is 22.3 Å². The van der Waals surface area contributed by atoms with Gasteiger partial charge < -0.3 is 0 Å². The van der Waals surface area contributed by atoms with Crippen molar-refractivity contribution in [3.05, 3.63) is 34.0 Å². The molecule has 18 heavy (non-hydrogen) atoms. The standard InChI is InChI=1S/C12H11N3S.CH4S/c1-7-8(2)12-11(13-15-14-12)5-10(7)9-3-4-16-6-9;1-2/h3-6H,1-2H3,(H,13,14,15);2H,1H3. The van der Waals surface area contributed by atoms with Crippen molar-refractivity contribution < 1.29 is 0 Å². The zero-order chi connectivity index (χ0) is 13.1. The normalized spacial score (nSPS) is 10.2. The van der Waals surface area contributed by atoms with E-state index in [-0.39, 0.29) is 0 Å². The van der Waals surface area contributed by atoms with Gasteiger partial charge in [-0.3, -0.25) is 0 Å². The molecule has 0 aliphatic carbocycles. The Hall–Kier alpha value is -1.33. The fourth-order valence-electron chi connectivity index (χ4n) is 1.96. The number of hydrogen-bond acceptors (Lipinski definition) is 4. The van der Waals surface area contributed by atoms with E-state index in [2.05, 4.69) is 64.8 Å². The topological polar surface area (TPSA) is 41.6 Å². The van der Waals surface area contributed by atoms with Gasteiger partial charge in [0.25, 0.3) is 0 Å². The summed E-state index contributed by atoms with van der Waals surface area (Å²) in [4.78, 5) is 0. The van der Waals surface area contributed by atoms with Gasteiger partial charge in [-0.15, -0.1) is 0 Å². The molecule has 0 bridgehead atoms. The summed E-state index contributed by atoms with van der Waals surface area (Å²) in [7, 11) is 0. The third-order valence-electron chi connectivity index (χ3n) is 3.01. The summed E-state index contributed by atoms with van der Waals surface area (Å²) in [5, 5.41) is 15.3. The molecule has 1 aromatic carbocycles. The molecule has 0 spiro atoms. The van der Waals surface area contributed by atoms with Crippen LogP contribution in [0.4, 0.5) is 0 Å². The molecular weight excluding hydrogens is 262 g/mol. The number of aryl methyl sites for hydroxylation is 1. The number of hydrogen-bond donors (Lipinski definition) is 2. The smallest absolute Gasteiger partial charge is 0.116 e. The van der Waals surface area contributed by atoms with Crippen LogP contribution in [0.3, 0.4) is 0 Å². The largest absolute Gasteiger partial charge is 0.197 e. The van der Waals surface area contributed by atoms with E-state index in [4.69, 9.17) is 0 Å². The number of nitrogens with zero attached hydrogens (tertiary/aromatic N) is 2. The van der Waals surface area contributed by atoms with Gasteiger partial charge in [-0.2, -0.15) is 39.4 Å². The highest BCUT2D eigenvalue weighted by atomic mass is 32.1. The zero-order valence-corrected chi connectivity index (χ0v) is 12.3. The molecule has 3 rings (SSSR count). The van der Waals surface area contributed by atoms with Crippen molar-refractivity contribution in [2.45, 2.75) is 13.8 Å². The van der Waals surface area contributed by atoms with Gasteiger partial charge in [0, 0.05) is 0 Å². The number of H-pyrrole nitrogens is 1. The van der Waals surface area contributed by atoms with Gasteiger partial charge in [0.05, 0.1) is 0 Å². The van der Waals surface area contributed by atoms with Crippen LogP contribution in [-0.2, 0) is 0 Å². The van der Waals surface area contributed by atoms with Crippen LogP contribution in [-0.4, -0.2) is 21.7 Å². The minimum absolute atomic E-state index is 0.935. The molecule has 3 aromatic rings. The molecule has 0 saturated carbocycles. The molecular formula is C13H15N3S2. The van der Waals surface area contributed by atoms with Gasteiger partial charge in [-0.25, -0.2) is 0 Å². The summed E-state index contributed by atoms with van der Waals surface area (Å²) in [5.41, 5.74) is 6.89. The highest BCUT2D eigenvalue weighted by Crippen LogP contribution is 2.31. The van der Waals surface area contributed by atoms with Gasteiger partial charge in [0.2, 0.25) is 0 Å². The number of thiophene rings is 1. The van der Waals surface area contributed by atoms with Gasteiger partial charge in [0.15, 0.2) is 0 Å². The minimum atomic E-state index is 0.935. The first-order valence-electron chi connectivity index (χ1n) is 5.55. The van der Waals surface area contributed by atoms with Crippen LogP contribution in [0.25, 0.3) is 22.2 Å². The Balaban J connectivity index is 0.000000574. The van der Waals surface area contributed by atoms with E-state index < -0.39 is 0 Å². The third kappa shape index (κ3) is 2.15. The second kappa shape index (κ2) is 5.54. The fourth-order valence-corrected chi connectivity index (χ4v) is 2.61. The Morgan fingerprint density at radius 3 is 2.61 bits per heavy atom. The van der Waals surface area contributed by atoms with Gasteiger partial charge in [-0.1, -0.05) is 0 Å². The van der Waals surface area contributed by atoms with Crippen molar-refractivity contribution in [1.82, 2.24) is 15.4 Å². The average Bonchev–Trinajstić information content (AvgIpc) is 3.06. The summed E-state index contributed by atoms with van der Waals surface area (Å²) in [6, 6.07) is 4.24. The quantitative estimate of drug-likeness (QED) is 0.663. The number of thiol groups is 1. The first-order chi connectivity index (χ1) is 8.77. The van der Waals surface area contributed by atoms with Crippen LogP contribution < -0.4 is 0 Å². The Morgan fingerprint density at radius 2 is 1.94 bits per heavy atom. The molecule has 0 saturated heterocycles. The Bertz CT molecular complexity index is 642. The van der Waals surface area contributed by atoms with Gasteiger partial charge in [-0.05, 0) is 65.2 Å². The molecule has 2 heterocycles. The van der Waals surface area contributed by atoms with Crippen LogP contribution in [0.1, 0.15) is 11.1 Å². The van der Waals surface area contributed by atoms with E-state index in [0.29, 0.717) is 0 Å². The first-order valence-corrected chi connectivity index (χ1v) is 7.39. The molecule has 0 aliphatic heterocycles. The Morgan fingerprint density at radius 1 is 1.17 bits per heavy atom. The molecule has 0 radical (unpaired) electrons. The number of aromatic nitrogens is 3. The lowest BCUT2D eigenvalue weighted by Crippen LogP contribution is -1.88. The van der Waals surface area contributed by atoms with Crippen molar-refractivity contribution in [2.75, 3.05) is 6.26 Å². The van der Waals surface area contributed by atoms with E-state index in [0.717, 1.165) is 11.0 Å². The lowest BCUT2D eigenvalue weighted by Gasteiger charge is -2.07. The molecule has 0 unspecified atom stereocenters. The molecule has 0 atom stereocenters. The highest BCUT2D eigenvalue weighted by Gasteiger charge is 2.11. The van der Waals surface area contributed by atoms with E-state index in [1.54, 1.807) is 17.6 Å². The van der Waals surface area contributed by atoms with Crippen molar-refractivity contribution >= 4 is 35.0 Å². The van der Waals surface area contributed by atoms with Gasteiger partial charge in [0.1, 0.15) is 11.0 Å². The van der Waals surface area contributed by atoms with Crippen LogP contribution in [0.5, 0.6) is 0 Å². The predicted molar refractivity (Wildman–Crippen MR) is 81.6 cm³/mol. The summed E-state index contributed by atoms with van der Waals surface area (Å²) in [6.07, 6.45) is 1.69. The summed E-state index contributed by atoms with van der Waals surface area (Å²) < 4.78 is 0. The third-order valence-corrected chi connectivity index (χ3v) is 3.69. The molecule has 94 valence electrons. The molecule has 0 amide bonds. The van der Waals surface area contributed by atoms with E-state index in [1.807, 2.05) is 0 Å². The predicted octanol–water partition coefficient (Wildman–Crippen LogP) is 3.85. The van der Waals surface area contributed by atoms with Crippen LogP contribution in [0.15, 0.2) is 22.9 Å². The highest BCUT2D eigenvalue weighted by molar-refractivity contribution is 7.79. The molecule has 0 fully saturated rings. The minimum Gasteiger partial charge on any atom is -0.197 e. The van der Waals surface area contributed by atoms with Crippen molar-refractivity contribution in [1.29, 1.82) is 0 Å². The monoisotopic (exact) mass is 277 g/mol. The number of benzene rings is 1. The zero-order valence-electron chi connectivity index (χ0n) is 10.6. The average molecular weight is 277 g/mol. The SMILES string of the molecule is CS.Cc1c(-c2ccsc2)cc2n[nH]nc2c1C. The molecule has 0 aliphatic rings. The molecule has 5 heteroatoms. The lowest BCUT2D eigenvalue weighted by molar-refractivity contribution is 0.958. The number of aromatic amines is 1. The van der Waals surface area contributed by atoms with E-state index in [9.17, 15) is 0 Å². The molecule has 2 aromatic heterocycles. The Labute approximate surface area is 116 Å². The van der Waals surface area contributed by atoms with Crippen LogP contribution in [0.2, 0.25) is 0 Å². The first kappa shape index (κ1) is 13.1. The van der Waals surface area contributed by atoms with Crippen molar-refractivity contribution in [2.24, 2.45) is 0 Å². The number of rotatable bonds is 1. The summed E-state index contributed by atoms with van der Waals surface area (Å²) in [6.45, 7) is 4.23. The summed E-state index contributed by atoms with van der Waals surface area (Å²) in [5.74, 6) is 0.